The zero-order valence-electron chi connectivity index (χ0n) is 22.5. The molecule has 0 radical (unpaired) electrons. The Morgan fingerprint density at radius 3 is 1.77 bits per heavy atom. The number of hydrogen-bond donors (Lipinski definition) is 0. The number of ether oxygens (including phenoxy) is 2. The molecule has 0 unspecified atom stereocenters. The van der Waals surface area contributed by atoms with Crippen LogP contribution < -0.4 is 0 Å². The number of carbonyl (C=O) groups excluding carboxylic acids is 2. The Morgan fingerprint density at radius 2 is 1.29 bits per heavy atom. The zero-order valence-corrected chi connectivity index (χ0v) is 25.3. The van der Waals surface area contributed by atoms with Crippen LogP contribution in [0.3, 0.4) is 0 Å². The standard InChI is InChI=1S/C18H17O4.3C4H9.Sn/c1-3-21-17(19)12-8-11-16(18(20)22-4-2)14-13-15-9-6-5-7-10-15;3*1-3-4-2;/h5-11H,3-4H2,1-2H3;3*1,3-4H2,2H3;/b12-8?,16-11+;;;;. The first kappa shape index (κ1) is 31.0. The normalized spacial score (nSPS) is 12.0. The minimum atomic E-state index is -3.11. The van der Waals surface area contributed by atoms with Gasteiger partial charge in [-0.15, -0.1) is 0 Å². The third-order valence-electron chi connectivity index (χ3n) is 6.12. The molecule has 0 aliphatic carbocycles. The third-order valence-corrected chi connectivity index (χ3v) is 21.7. The van der Waals surface area contributed by atoms with E-state index in [0.29, 0.717) is 6.61 Å². The van der Waals surface area contributed by atoms with Gasteiger partial charge in [0, 0.05) is 0 Å². The molecule has 0 spiro atoms. The molecular weight excluding hydrogens is 543 g/mol. The van der Waals surface area contributed by atoms with Crippen LogP contribution in [0.15, 0.2) is 51.6 Å². The van der Waals surface area contributed by atoms with Crippen LogP contribution in [-0.4, -0.2) is 43.5 Å². The fourth-order valence-corrected chi connectivity index (χ4v) is 20.1. The summed E-state index contributed by atoms with van der Waals surface area (Å²) in [6, 6.07) is 9.55. The van der Waals surface area contributed by atoms with E-state index in [9.17, 15) is 9.59 Å². The molecule has 0 saturated carbocycles. The zero-order chi connectivity index (χ0) is 25.9. The molecule has 4 nitrogen and oxygen atoms in total. The number of allylic oxidation sites excluding steroid dienone is 2. The molecular formula is C30H44O4Sn. The fourth-order valence-electron chi connectivity index (χ4n) is 4.19. The topological polar surface area (TPSA) is 52.6 Å². The van der Waals surface area contributed by atoms with Gasteiger partial charge in [0.2, 0.25) is 0 Å². The summed E-state index contributed by atoms with van der Waals surface area (Å²) < 4.78 is 15.1. The van der Waals surface area contributed by atoms with Crippen LogP contribution >= 0.6 is 0 Å². The second kappa shape index (κ2) is 18.3. The molecule has 5 heteroatoms. The number of hydrogen-bond acceptors (Lipinski definition) is 4. The molecule has 0 atom stereocenters. The molecule has 0 aromatic heterocycles. The molecule has 0 saturated heterocycles. The monoisotopic (exact) mass is 588 g/mol. The number of benzene rings is 1. The number of rotatable bonds is 15. The van der Waals surface area contributed by atoms with Crippen LogP contribution in [0.2, 0.25) is 13.3 Å². The second-order valence-electron chi connectivity index (χ2n) is 8.81. The molecule has 1 aromatic carbocycles. The van der Waals surface area contributed by atoms with Gasteiger partial charge in [0.05, 0.1) is 0 Å². The molecule has 0 heterocycles. The fraction of sp³-hybridized carbons (Fsp3) is 0.533. The van der Waals surface area contributed by atoms with E-state index in [2.05, 4.69) is 32.6 Å². The quantitative estimate of drug-likeness (QED) is 0.0706. The average molecular weight is 587 g/mol. The van der Waals surface area contributed by atoms with Gasteiger partial charge in [-0.1, -0.05) is 0 Å². The predicted molar refractivity (Wildman–Crippen MR) is 148 cm³/mol. The molecule has 0 aliphatic heterocycles. The third kappa shape index (κ3) is 11.1. The maximum absolute atomic E-state index is 13.3. The summed E-state index contributed by atoms with van der Waals surface area (Å²) in [4.78, 5) is 26.1. The molecule has 1 aromatic rings. The van der Waals surface area contributed by atoms with Gasteiger partial charge in [0.15, 0.2) is 0 Å². The van der Waals surface area contributed by atoms with Crippen molar-refractivity contribution in [2.75, 3.05) is 13.2 Å². The Kier molecular flexibility index (Phi) is 16.2. The molecule has 0 aliphatic rings. The van der Waals surface area contributed by atoms with Crippen molar-refractivity contribution in [1.29, 1.82) is 0 Å². The van der Waals surface area contributed by atoms with E-state index >= 15 is 0 Å². The SMILES string of the molecule is CCC[CH2][Sn]([CH2]CCC)([CH2]CCC)/[C](=C\C=C(/C#Cc1ccccc1)C(=O)OCC)C(=O)OCC. The summed E-state index contributed by atoms with van der Waals surface area (Å²) >= 11 is -3.11. The van der Waals surface area contributed by atoms with Gasteiger partial charge in [0.25, 0.3) is 0 Å². The Balaban J connectivity index is 3.65. The Labute approximate surface area is 217 Å². The van der Waals surface area contributed by atoms with Crippen molar-refractivity contribution in [3.8, 4) is 11.8 Å². The Bertz CT molecular complexity index is 868. The van der Waals surface area contributed by atoms with Crippen molar-refractivity contribution < 1.29 is 19.1 Å². The van der Waals surface area contributed by atoms with E-state index < -0.39 is 24.3 Å². The predicted octanol–water partition coefficient (Wildman–Crippen LogP) is 7.41. The summed E-state index contributed by atoms with van der Waals surface area (Å²) in [5, 5.41) is 0. The van der Waals surface area contributed by atoms with Gasteiger partial charge < -0.3 is 0 Å². The molecule has 1 rings (SSSR count). The summed E-state index contributed by atoms with van der Waals surface area (Å²) in [5.74, 6) is 5.38. The van der Waals surface area contributed by atoms with Crippen LogP contribution in [0.5, 0.6) is 0 Å². The van der Waals surface area contributed by atoms with Crippen molar-refractivity contribution in [2.24, 2.45) is 0 Å². The Morgan fingerprint density at radius 1 is 0.771 bits per heavy atom. The van der Waals surface area contributed by atoms with Crippen LogP contribution in [0.25, 0.3) is 0 Å². The van der Waals surface area contributed by atoms with Crippen LogP contribution in [0.4, 0.5) is 0 Å². The van der Waals surface area contributed by atoms with Crippen LogP contribution in [0, 0.1) is 11.8 Å². The summed E-state index contributed by atoms with van der Waals surface area (Å²) in [5.41, 5.74) is 1.08. The van der Waals surface area contributed by atoms with Crippen molar-refractivity contribution in [3.05, 3.63) is 57.2 Å². The summed E-state index contributed by atoms with van der Waals surface area (Å²) in [7, 11) is 0. The van der Waals surface area contributed by atoms with E-state index in [1.54, 1.807) is 13.0 Å². The number of esters is 2. The van der Waals surface area contributed by atoms with E-state index in [1.165, 1.54) is 0 Å². The van der Waals surface area contributed by atoms with Gasteiger partial charge >= 0.3 is 218 Å². The molecule has 0 N–H and O–H groups in total. The molecule has 0 fully saturated rings. The van der Waals surface area contributed by atoms with Crippen molar-refractivity contribution in [2.45, 2.75) is 86.5 Å². The number of unbranched alkanes of at least 4 members (excludes halogenated alkanes) is 3. The maximum atomic E-state index is 13.3. The summed E-state index contributed by atoms with van der Waals surface area (Å²) in [6.45, 7) is 10.9. The van der Waals surface area contributed by atoms with E-state index in [-0.39, 0.29) is 18.1 Å². The van der Waals surface area contributed by atoms with Crippen molar-refractivity contribution in [3.63, 3.8) is 0 Å². The van der Waals surface area contributed by atoms with Crippen molar-refractivity contribution in [1.82, 2.24) is 0 Å². The first-order valence-corrected chi connectivity index (χ1v) is 20.8. The first-order valence-electron chi connectivity index (χ1n) is 13.3. The van der Waals surface area contributed by atoms with E-state index in [4.69, 9.17) is 9.47 Å². The number of carbonyl (C=O) groups is 2. The molecule has 192 valence electrons. The molecule has 0 bridgehead atoms. The molecule has 0 amide bonds. The van der Waals surface area contributed by atoms with Crippen LogP contribution in [0.1, 0.15) is 78.7 Å². The molecule has 35 heavy (non-hydrogen) atoms. The van der Waals surface area contributed by atoms with E-state index in [0.717, 1.165) is 61.0 Å². The van der Waals surface area contributed by atoms with Gasteiger partial charge in [-0.2, -0.15) is 0 Å². The van der Waals surface area contributed by atoms with Gasteiger partial charge in [-0.25, -0.2) is 0 Å². The summed E-state index contributed by atoms with van der Waals surface area (Å²) in [6.07, 6.45) is 10.3. The minimum absolute atomic E-state index is 0.206. The van der Waals surface area contributed by atoms with Gasteiger partial charge in [0.1, 0.15) is 0 Å². The average Bonchev–Trinajstić information content (AvgIpc) is 2.87. The Hall–Kier alpha value is -2.00. The van der Waals surface area contributed by atoms with Crippen molar-refractivity contribution >= 4 is 30.3 Å². The van der Waals surface area contributed by atoms with E-state index in [1.807, 2.05) is 43.3 Å². The van der Waals surface area contributed by atoms with Gasteiger partial charge in [-0.05, 0) is 0 Å². The van der Waals surface area contributed by atoms with Gasteiger partial charge in [-0.3, -0.25) is 0 Å². The van der Waals surface area contributed by atoms with Crippen LogP contribution in [-0.2, 0) is 19.1 Å². The second-order valence-corrected chi connectivity index (χ2v) is 21.9. The first-order chi connectivity index (χ1) is 17.0.